The second-order valence-electron chi connectivity index (χ2n) is 7.08. The number of nitrogens with one attached hydrogen (secondary N) is 1. The molecule has 2 aliphatic carbocycles. The molecule has 0 spiro atoms. The van der Waals surface area contributed by atoms with E-state index in [1.54, 1.807) is 12.1 Å². The average Bonchev–Trinajstić information content (AvgIpc) is 3.50. The van der Waals surface area contributed by atoms with Gasteiger partial charge in [0, 0.05) is 6.54 Å². The number of hydrogen-bond donors (Lipinski definition) is 1. The van der Waals surface area contributed by atoms with Gasteiger partial charge in [-0.15, -0.1) is 11.3 Å². The Labute approximate surface area is 150 Å². The highest BCUT2D eigenvalue weighted by Gasteiger charge is 2.53. The van der Waals surface area contributed by atoms with Crippen molar-refractivity contribution in [3.8, 4) is 5.75 Å². The summed E-state index contributed by atoms with van der Waals surface area (Å²) < 4.78 is 18.5. The molecule has 4 nitrogen and oxygen atoms in total. The molecule has 2 saturated carbocycles. The zero-order valence-electron chi connectivity index (χ0n) is 14.2. The summed E-state index contributed by atoms with van der Waals surface area (Å²) in [5.74, 6) is 1.08. The predicted octanol–water partition coefficient (Wildman–Crippen LogP) is 4.09. The first-order valence-electron chi connectivity index (χ1n) is 8.69. The van der Waals surface area contributed by atoms with Crippen LogP contribution in [0.1, 0.15) is 46.1 Å². The number of benzene rings is 1. The van der Waals surface area contributed by atoms with Crippen LogP contribution in [0.25, 0.3) is 0 Å². The van der Waals surface area contributed by atoms with Crippen LogP contribution in [0.5, 0.6) is 5.75 Å². The van der Waals surface area contributed by atoms with Crippen LogP contribution in [0.3, 0.4) is 0 Å². The molecule has 6 heteroatoms. The number of thiazole rings is 1. The van der Waals surface area contributed by atoms with Crippen molar-refractivity contribution in [3.05, 3.63) is 45.7 Å². The minimum absolute atomic E-state index is 0.0324. The van der Waals surface area contributed by atoms with E-state index < -0.39 is 0 Å². The van der Waals surface area contributed by atoms with Gasteiger partial charge in [-0.25, -0.2) is 9.37 Å². The Morgan fingerprint density at radius 2 is 2.08 bits per heavy atom. The molecule has 1 aromatic carbocycles. The molecule has 0 atom stereocenters. The molecule has 132 valence electrons. The average molecular weight is 360 g/mol. The van der Waals surface area contributed by atoms with Crippen LogP contribution in [-0.4, -0.2) is 17.4 Å². The summed E-state index contributed by atoms with van der Waals surface area (Å²) in [5, 5.41) is 3.85. The molecule has 0 unspecified atom stereocenters. The van der Waals surface area contributed by atoms with E-state index in [0.29, 0.717) is 16.0 Å². The lowest BCUT2D eigenvalue weighted by atomic mass is 10.0. The monoisotopic (exact) mass is 360 g/mol. The SMILES string of the molecule is Cc1nc(COc2ccc(F)cc2)sc1C(=O)NCC1(C2CC2)CC1. The van der Waals surface area contributed by atoms with E-state index in [4.69, 9.17) is 4.74 Å². The van der Waals surface area contributed by atoms with Crippen molar-refractivity contribution >= 4 is 17.2 Å². The van der Waals surface area contributed by atoms with Gasteiger partial charge >= 0.3 is 0 Å². The lowest BCUT2D eigenvalue weighted by Gasteiger charge is -2.14. The first kappa shape index (κ1) is 16.5. The van der Waals surface area contributed by atoms with Gasteiger partial charge in [-0.1, -0.05) is 0 Å². The number of ether oxygens (including phenoxy) is 1. The Bertz CT molecular complexity index is 779. The number of nitrogens with zero attached hydrogens (tertiary/aromatic N) is 1. The zero-order chi connectivity index (χ0) is 17.4. The smallest absolute Gasteiger partial charge is 0.263 e. The van der Waals surface area contributed by atoms with Gasteiger partial charge in [0.25, 0.3) is 5.91 Å². The number of aryl methyl sites for hydroxylation is 1. The maximum absolute atomic E-state index is 12.9. The van der Waals surface area contributed by atoms with Crippen LogP contribution in [0.15, 0.2) is 24.3 Å². The molecule has 1 heterocycles. The predicted molar refractivity (Wildman–Crippen MR) is 94.3 cm³/mol. The fourth-order valence-corrected chi connectivity index (χ4v) is 4.22. The van der Waals surface area contributed by atoms with Crippen LogP contribution in [-0.2, 0) is 6.61 Å². The minimum Gasteiger partial charge on any atom is -0.486 e. The lowest BCUT2D eigenvalue weighted by molar-refractivity contribution is 0.0946. The normalized spacial score (nSPS) is 18.0. The molecule has 0 aliphatic heterocycles. The van der Waals surface area contributed by atoms with Gasteiger partial charge in [0.15, 0.2) is 0 Å². The highest BCUT2D eigenvalue weighted by atomic mass is 32.1. The summed E-state index contributed by atoms with van der Waals surface area (Å²) >= 11 is 1.36. The van der Waals surface area contributed by atoms with E-state index in [1.165, 1.54) is 49.2 Å². The van der Waals surface area contributed by atoms with Gasteiger partial charge in [-0.2, -0.15) is 0 Å². The molecule has 2 aliphatic rings. The van der Waals surface area contributed by atoms with E-state index in [-0.39, 0.29) is 18.3 Å². The second-order valence-corrected chi connectivity index (χ2v) is 8.17. The molecule has 1 aromatic heterocycles. The summed E-state index contributed by atoms with van der Waals surface area (Å²) in [4.78, 5) is 17.6. The van der Waals surface area contributed by atoms with Gasteiger partial charge in [-0.3, -0.25) is 4.79 Å². The van der Waals surface area contributed by atoms with E-state index in [9.17, 15) is 9.18 Å². The van der Waals surface area contributed by atoms with Gasteiger partial charge in [0.1, 0.15) is 28.1 Å². The maximum Gasteiger partial charge on any atom is 0.263 e. The fourth-order valence-electron chi connectivity index (χ4n) is 3.32. The van der Waals surface area contributed by atoms with Crippen LogP contribution >= 0.6 is 11.3 Å². The van der Waals surface area contributed by atoms with E-state index >= 15 is 0 Å². The third kappa shape index (κ3) is 3.68. The van der Waals surface area contributed by atoms with Crippen molar-refractivity contribution < 1.29 is 13.9 Å². The molecule has 0 radical (unpaired) electrons. The Morgan fingerprint density at radius 3 is 2.72 bits per heavy atom. The summed E-state index contributed by atoms with van der Waals surface area (Å²) in [5.41, 5.74) is 1.12. The topological polar surface area (TPSA) is 51.2 Å². The van der Waals surface area contributed by atoms with Crippen molar-refractivity contribution in [1.82, 2.24) is 10.3 Å². The molecule has 25 heavy (non-hydrogen) atoms. The van der Waals surface area contributed by atoms with Crippen LogP contribution in [0.4, 0.5) is 4.39 Å². The number of rotatable bonds is 7. The number of amides is 1. The van der Waals surface area contributed by atoms with Crippen molar-refractivity contribution in [3.63, 3.8) is 0 Å². The summed E-state index contributed by atoms with van der Waals surface area (Å²) in [6, 6.07) is 5.87. The summed E-state index contributed by atoms with van der Waals surface area (Å²) in [7, 11) is 0. The summed E-state index contributed by atoms with van der Waals surface area (Å²) in [6.45, 7) is 2.91. The van der Waals surface area contributed by atoms with Gasteiger partial charge in [0.05, 0.1) is 5.69 Å². The highest BCUT2D eigenvalue weighted by molar-refractivity contribution is 7.13. The molecular weight excluding hydrogens is 339 g/mol. The number of hydrogen-bond acceptors (Lipinski definition) is 4. The summed E-state index contributed by atoms with van der Waals surface area (Å²) in [6.07, 6.45) is 5.13. The van der Waals surface area contributed by atoms with Gasteiger partial charge in [0.2, 0.25) is 0 Å². The van der Waals surface area contributed by atoms with Crippen LogP contribution in [0.2, 0.25) is 0 Å². The molecule has 2 fully saturated rings. The minimum atomic E-state index is -0.295. The van der Waals surface area contributed by atoms with Crippen LogP contribution < -0.4 is 10.1 Å². The largest absolute Gasteiger partial charge is 0.486 e. The van der Waals surface area contributed by atoms with Gasteiger partial charge < -0.3 is 10.1 Å². The van der Waals surface area contributed by atoms with Crippen LogP contribution in [0, 0.1) is 24.1 Å². The molecule has 2 aromatic rings. The van der Waals surface area contributed by atoms with Crippen molar-refractivity contribution in [1.29, 1.82) is 0 Å². The zero-order valence-corrected chi connectivity index (χ0v) is 15.0. The number of halogens is 1. The highest BCUT2D eigenvalue weighted by Crippen LogP contribution is 2.60. The first-order valence-corrected chi connectivity index (χ1v) is 9.50. The van der Waals surface area contributed by atoms with E-state index in [2.05, 4.69) is 10.3 Å². The standard InChI is InChI=1S/C19H21FN2O2S/c1-12-17(18(23)21-11-19(8-9-19)13-2-3-13)25-16(22-12)10-24-15-6-4-14(20)5-7-15/h4-7,13H,2-3,8-11H2,1H3,(H,21,23). The molecule has 4 rings (SSSR count). The third-order valence-electron chi connectivity index (χ3n) is 5.16. The Kier molecular flexibility index (Phi) is 4.23. The number of carbonyl (C=O) groups excluding carboxylic acids is 1. The van der Waals surface area contributed by atoms with Crippen molar-refractivity contribution in [2.24, 2.45) is 11.3 Å². The third-order valence-corrected chi connectivity index (χ3v) is 6.29. The fraction of sp³-hybridized carbons (Fsp3) is 0.474. The molecule has 1 N–H and O–H groups in total. The lowest BCUT2D eigenvalue weighted by Crippen LogP contribution is -2.31. The van der Waals surface area contributed by atoms with Crippen molar-refractivity contribution in [2.75, 3.05) is 6.54 Å². The number of aromatic nitrogens is 1. The number of carbonyl (C=O) groups is 1. The Balaban J connectivity index is 1.34. The first-order chi connectivity index (χ1) is 12.1. The van der Waals surface area contributed by atoms with E-state index in [1.807, 2.05) is 6.92 Å². The van der Waals surface area contributed by atoms with Gasteiger partial charge in [-0.05, 0) is 68.2 Å². The quantitative estimate of drug-likeness (QED) is 0.809. The molecule has 0 saturated heterocycles. The maximum atomic E-state index is 12.9. The molecular formula is C19H21FN2O2S. The second kappa shape index (κ2) is 6.41. The molecule has 1 amide bonds. The Hall–Kier alpha value is -1.95. The Morgan fingerprint density at radius 1 is 1.36 bits per heavy atom. The van der Waals surface area contributed by atoms with Crippen molar-refractivity contribution in [2.45, 2.75) is 39.2 Å². The molecule has 0 bridgehead atoms. The van der Waals surface area contributed by atoms with E-state index in [0.717, 1.165) is 23.2 Å².